The molecule has 0 fully saturated rings. The third-order valence-corrected chi connectivity index (χ3v) is 5.21. The Morgan fingerprint density at radius 1 is 1.07 bits per heavy atom. The smallest absolute Gasteiger partial charge is 0.270 e. The summed E-state index contributed by atoms with van der Waals surface area (Å²) in [6.07, 6.45) is 0.683. The third-order valence-electron chi connectivity index (χ3n) is 4.32. The number of methoxy groups -OCH3 is 2. The highest BCUT2D eigenvalue weighted by Gasteiger charge is 2.14. The molecule has 0 aliphatic carbocycles. The van der Waals surface area contributed by atoms with Gasteiger partial charge in [0.2, 0.25) is 0 Å². The maximum Gasteiger partial charge on any atom is 0.270 e. The van der Waals surface area contributed by atoms with Gasteiger partial charge in [0.05, 0.1) is 20.8 Å². The lowest BCUT2D eigenvalue weighted by Gasteiger charge is -2.10. The summed E-state index contributed by atoms with van der Waals surface area (Å²) in [6, 6.07) is 13.4. The number of nitrogens with zero attached hydrogens (tertiary/aromatic N) is 1. The number of nitrogens with one attached hydrogen (secondary N) is 1. The molecule has 0 spiro atoms. The van der Waals surface area contributed by atoms with E-state index in [1.54, 1.807) is 19.6 Å². The van der Waals surface area contributed by atoms with Gasteiger partial charge in [-0.15, -0.1) is 11.3 Å². The zero-order chi connectivity index (χ0) is 20.6. The van der Waals surface area contributed by atoms with Crippen LogP contribution in [0.2, 0.25) is 0 Å². The van der Waals surface area contributed by atoms with E-state index in [1.165, 1.54) is 11.3 Å². The van der Waals surface area contributed by atoms with Crippen molar-refractivity contribution in [3.05, 3.63) is 59.1 Å². The molecule has 1 aromatic heterocycles. The second-order valence-corrected chi connectivity index (χ2v) is 7.01. The third kappa shape index (κ3) is 5.06. The average molecular weight is 413 g/mol. The van der Waals surface area contributed by atoms with E-state index in [0.29, 0.717) is 36.8 Å². The summed E-state index contributed by atoms with van der Waals surface area (Å²) >= 11 is 1.42. The van der Waals surface area contributed by atoms with Crippen molar-refractivity contribution in [2.75, 3.05) is 27.4 Å². The lowest BCUT2D eigenvalue weighted by molar-refractivity contribution is 0.0950. The Hall–Kier alpha value is -3.06. The number of ether oxygens (including phenoxy) is 3. The number of thiazole rings is 1. The molecule has 0 saturated carbocycles. The van der Waals surface area contributed by atoms with E-state index in [1.807, 2.05) is 49.4 Å². The quantitative estimate of drug-likeness (QED) is 0.570. The number of aromatic nitrogens is 1. The van der Waals surface area contributed by atoms with Crippen LogP contribution in [0, 0.1) is 0 Å². The normalized spacial score (nSPS) is 10.4. The molecule has 7 heteroatoms. The number of benzene rings is 2. The molecular formula is C22H24N2O4S. The number of hydrogen-bond acceptors (Lipinski definition) is 6. The zero-order valence-corrected chi connectivity index (χ0v) is 17.5. The van der Waals surface area contributed by atoms with Crippen LogP contribution in [0.1, 0.15) is 23.0 Å². The number of carbonyl (C=O) groups excluding carboxylic acids is 1. The number of amides is 1. The fourth-order valence-electron chi connectivity index (χ4n) is 2.90. The van der Waals surface area contributed by atoms with Gasteiger partial charge in [0.25, 0.3) is 5.91 Å². The van der Waals surface area contributed by atoms with E-state index >= 15 is 0 Å². The molecule has 6 nitrogen and oxygen atoms in total. The van der Waals surface area contributed by atoms with Crippen molar-refractivity contribution in [2.45, 2.75) is 13.3 Å². The standard InChI is InChI=1S/C22H24N2O4S/c1-4-28-19-10-9-16(13-20(19)27-3)22-24-17(14-29-22)21(25)23-12-11-15-7-5-6-8-18(15)26-2/h5-10,13-14H,4,11-12H2,1-3H3,(H,23,25). The Kier molecular flexibility index (Phi) is 7.08. The Morgan fingerprint density at radius 3 is 2.62 bits per heavy atom. The molecule has 2 aromatic carbocycles. The fourth-order valence-corrected chi connectivity index (χ4v) is 3.69. The molecule has 1 N–H and O–H groups in total. The molecule has 0 atom stereocenters. The van der Waals surface area contributed by atoms with Crippen LogP contribution in [0.5, 0.6) is 17.2 Å². The van der Waals surface area contributed by atoms with Crippen molar-refractivity contribution in [2.24, 2.45) is 0 Å². The molecule has 0 aliphatic rings. The molecule has 3 aromatic rings. The van der Waals surface area contributed by atoms with Gasteiger partial charge in [0.1, 0.15) is 16.5 Å². The van der Waals surface area contributed by atoms with E-state index < -0.39 is 0 Å². The summed E-state index contributed by atoms with van der Waals surface area (Å²) in [4.78, 5) is 16.9. The second-order valence-electron chi connectivity index (χ2n) is 6.15. The van der Waals surface area contributed by atoms with Crippen molar-refractivity contribution in [1.29, 1.82) is 0 Å². The van der Waals surface area contributed by atoms with Crippen LogP contribution in [0.25, 0.3) is 10.6 Å². The van der Waals surface area contributed by atoms with E-state index in [4.69, 9.17) is 14.2 Å². The summed E-state index contributed by atoms with van der Waals surface area (Å²) in [6.45, 7) is 2.99. The van der Waals surface area contributed by atoms with Crippen molar-refractivity contribution >= 4 is 17.2 Å². The first kappa shape index (κ1) is 20.7. The first-order chi connectivity index (χ1) is 14.2. The molecule has 1 heterocycles. The predicted octanol–water partition coefficient (Wildman–Crippen LogP) is 4.20. The molecule has 3 rings (SSSR count). The van der Waals surface area contributed by atoms with Crippen LogP contribution >= 0.6 is 11.3 Å². The Labute approximate surface area is 174 Å². The lowest BCUT2D eigenvalue weighted by Crippen LogP contribution is -2.26. The predicted molar refractivity (Wildman–Crippen MR) is 114 cm³/mol. The number of rotatable bonds is 9. The van der Waals surface area contributed by atoms with Crippen LogP contribution in [0.4, 0.5) is 0 Å². The van der Waals surface area contributed by atoms with Crippen LogP contribution in [0.3, 0.4) is 0 Å². The highest BCUT2D eigenvalue weighted by atomic mass is 32.1. The SMILES string of the molecule is CCOc1ccc(-c2nc(C(=O)NCCc3ccccc3OC)cs2)cc1OC. The van der Waals surface area contributed by atoms with Crippen LogP contribution in [-0.4, -0.2) is 38.3 Å². The maximum absolute atomic E-state index is 12.5. The van der Waals surface area contributed by atoms with E-state index in [-0.39, 0.29) is 5.91 Å². The van der Waals surface area contributed by atoms with Crippen molar-refractivity contribution in [3.63, 3.8) is 0 Å². The molecule has 0 aliphatic heterocycles. The molecule has 0 saturated heterocycles. The van der Waals surface area contributed by atoms with Gasteiger partial charge in [-0.1, -0.05) is 18.2 Å². The Balaban J connectivity index is 1.64. The largest absolute Gasteiger partial charge is 0.496 e. The van der Waals surface area contributed by atoms with Crippen LogP contribution in [0.15, 0.2) is 47.8 Å². The second kappa shape index (κ2) is 9.93. The molecule has 0 bridgehead atoms. The van der Waals surface area contributed by atoms with Gasteiger partial charge >= 0.3 is 0 Å². The molecule has 29 heavy (non-hydrogen) atoms. The summed E-state index contributed by atoms with van der Waals surface area (Å²) in [5.41, 5.74) is 2.33. The van der Waals surface area contributed by atoms with E-state index in [2.05, 4.69) is 10.3 Å². The summed E-state index contributed by atoms with van der Waals surface area (Å²) in [7, 11) is 3.24. The van der Waals surface area contributed by atoms with Gasteiger partial charge in [-0.25, -0.2) is 4.98 Å². The first-order valence-corrected chi connectivity index (χ1v) is 10.2. The number of hydrogen-bond donors (Lipinski definition) is 1. The number of para-hydroxylation sites is 1. The summed E-state index contributed by atoms with van der Waals surface area (Å²) in [5, 5.41) is 5.43. The molecule has 1 amide bonds. The van der Waals surface area contributed by atoms with Crippen molar-refractivity contribution in [3.8, 4) is 27.8 Å². The monoisotopic (exact) mass is 412 g/mol. The number of carbonyl (C=O) groups is 1. The first-order valence-electron chi connectivity index (χ1n) is 9.33. The highest BCUT2D eigenvalue weighted by molar-refractivity contribution is 7.13. The summed E-state index contributed by atoms with van der Waals surface area (Å²) < 4.78 is 16.3. The van der Waals surface area contributed by atoms with Crippen molar-refractivity contribution < 1.29 is 19.0 Å². The summed E-state index contributed by atoms with van der Waals surface area (Å²) in [5.74, 6) is 1.95. The van der Waals surface area contributed by atoms with Gasteiger partial charge in [0.15, 0.2) is 11.5 Å². The van der Waals surface area contributed by atoms with Gasteiger partial charge < -0.3 is 19.5 Å². The minimum Gasteiger partial charge on any atom is -0.496 e. The minimum absolute atomic E-state index is 0.194. The molecule has 0 unspecified atom stereocenters. The van der Waals surface area contributed by atoms with Gasteiger partial charge in [0, 0.05) is 17.5 Å². The minimum atomic E-state index is -0.194. The highest BCUT2D eigenvalue weighted by Crippen LogP contribution is 2.33. The van der Waals surface area contributed by atoms with Gasteiger partial charge in [-0.3, -0.25) is 4.79 Å². The van der Waals surface area contributed by atoms with Crippen molar-refractivity contribution in [1.82, 2.24) is 10.3 Å². The average Bonchev–Trinajstić information content (AvgIpc) is 3.25. The zero-order valence-electron chi connectivity index (χ0n) is 16.7. The van der Waals surface area contributed by atoms with E-state index in [9.17, 15) is 4.79 Å². The van der Waals surface area contributed by atoms with Gasteiger partial charge in [-0.05, 0) is 43.2 Å². The van der Waals surface area contributed by atoms with Gasteiger partial charge in [-0.2, -0.15) is 0 Å². The Morgan fingerprint density at radius 2 is 1.86 bits per heavy atom. The molecule has 0 radical (unpaired) electrons. The molecular weight excluding hydrogens is 388 g/mol. The Bertz CT molecular complexity index is 971. The fraction of sp³-hybridized carbons (Fsp3) is 0.273. The lowest BCUT2D eigenvalue weighted by atomic mass is 10.1. The van der Waals surface area contributed by atoms with Crippen LogP contribution in [-0.2, 0) is 6.42 Å². The topological polar surface area (TPSA) is 69.7 Å². The maximum atomic E-state index is 12.5. The molecule has 152 valence electrons. The van der Waals surface area contributed by atoms with E-state index in [0.717, 1.165) is 21.9 Å². The van der Waals surface area contributed by atoms with Crippen LogP contribution < -0.4 is 19.5 Å².